The Morgan fingerprint density at radius 2 is 1.76 bits per heavy atom. The number of nitrogen functional groups attached to an aromatic ring is 1. The molecule has 1 fully saturated rings. The highest BCUT2D eigenvalue weighted by atomic mass is 16.5. The van der Waals surface area contributed by atoms with Gasteiger partial charge in [0.15, 0.2) is 0 Å². The molecule has 13 nitrogen and oxygen atoms in total. The number of nitrogens with one attached hydrogen (secondary N) is 1. The number of fused-ring (bicyclic) bond motifs is 2. The molecule has 4 N–H and O–H groups in total. The van der Waals surface area contributed by atoms with E-state index in [4.69, 9.17) is 24.9 Å². The number of carbonyl (C=O) groups is 2. The predicted octanol–water partition coefficient (Wildman–Crippen LogP) is 5.72. The van der Waals surface area contributed by atoms with E-state index < -0.39 is 17.0 Å². The van der Waals surface area contributed by atoms with Crippen LogP contribution in [0.2, 0.25) is 0 Å². The Hall–Kier alpha value is -5.46. The van der Waals surface area contributed by atoms with E-state index in [9.17, 15) is 14.7 Å². The molecular formula is C36H43N7O6. The van der Waals surface area contributed by atoms with Crippen LogP contribution < -0.4 is 25.3 Å². The molecule has 2 aliphatic heterocycles. The molecule has 0 radical (unpaired) electrons. The molecule has 4 aromatic rings. The number of amides is 2. The van der Waals surface area contributed by atoms with Gasteiger partial charge in [0.1, 0.15) is 17.2 Å². The van der Waals surface area contributed by atoms with Crippen molar-refractivity contribution in [2.45, 2.75) is 51.1 Å². The van der Waals surface area contributed by atoms with E-state index in [0.717, 1.165) is 11.4 Å². The Kier molecular flexibility index (Phi) is 8.78. The van der Waals surface area contributed by atoms with Crippen LogP contribution in [0, 0.1) is 0 Å². The van der Waals surface area contributed by atoms with Crippen LogP contribution in [0.25, 0.3) is 11.4 Å². The van der Waals surface area contributed by atoms with Gasteiger partial charge in [-0.15, -0.1) is 0 Å². The van der Waals surface area contributed by atoms with Crippen molar-refractivity contribution >= 4 is 29.3 Å². The zero-order valence-corrected chi connectivity index (χ0v) is 28.7. The molecule has 6 rings (SSSR count). The van der Waals surface area contributed by atoms with E-state index in [2.05, 4.69) is 35.6 Å². The topological polar surface area (TPSA) is 157 Å². The number of carbonyl (C=O) groups excluding carboxylic acids is 1. The van der Waals surface area contributed by atoms with Crippen LogP contribution in [0.4, 0.5) is 22.1 Å². The second-order valence-electron chi connectivity index (χ2n) is 13.5. The fourth-order valence-corrected chi connectivity index (χ4v) is 7.23. The second-order valence-corrected chi connectivity index (χ2v) is 13.5. The molecule has 1 spiro atoms. The third kappa shape index (κ3) is 6.16. The maximum absolute atomic E-state index is 14.7. The SMILES string of the molecule is COc1cc(OC)c(CN2CC3(CCCN(C(=O)O)C3)c3c(cc(-c4ccnc(Nc5ccccc5N)n4)n3C(C)(C)C)C2=O)c(OC)c1. The van der Waals surface area contributed by atoms with Gasteiger partial charge < -0.3 is 44.7 Å². The van der Waals surface area contributed by atoms with Gasteiger partial charge in [0, 0.05) is 54.6 Å². The standard InChI is InChI=1S/C36H43N7O6/c1-35(2,3)43-28(27-12-14-38-33(40-27)39-26-11-8-7-10-25(26)37)18-23-31(43)36(13-9-15-41(20-36)34(45)46)21-42(32(23)44)19-24-29(48-5)16-22(47-4)17-30(24)49-6/h7-8,10-12,14,16-18H,9,13,15,19-21,37H2,1-6H3,(H,45,46)(H,38,39,40). The van der Waals surface area contributed by atoms with Crippen LogP contribution in [0.5, 0.6) is 17.2 Å². The molecule has 2 amide bonds. The van der Waals surface area contributed by atoms with Crippen molar-refractivity contribution in [3.63, 3.8) is 0 Å². The number of nitrogens with zero attached hydrogens (tertiary/aromatic N) is 5. The van der Waals surface area contributed by atoms with Crippen molar-refractivity contribution < 1.29 is 28.9 Å². The molecule has 2 aromatic heterocycles. The highest BCUT2D eigenvalue weighted by Crippen LogP contribution is 2.47. The molecule has 1 saturated heterocycles. The number of ether oxygens (including phenoxy) is 3. The van der Waals surface area contributed by atoms with Gasteiger partial charge in [-0.1, -0.05) is 12.1 Å². The van der Waals surface area contributed by atoms with Crippen molar-refractivity contribution in [1.29, 1.82) is 0 Å². The lowest BCUT2D eigenvalue weighted by molar-refractivity contribution is 0.0506. The summed E-state index contributed by atoms with van der Waals surface area (Å²) < 4.78 is 19.1. The Morgan fingerprint density at radius 3 is 2.39 bits per heavy atom. The number of hydrogen-bond acceptors (Lipinski definition) is 9. The fraction of sp³-hybridized carbons (Fsp3) is 0.389. The molecule has 0 aliphatic carbocycles. The van der Waals surface area contributed by atoms with Crippen molar-refractivity contribution in [3.8, 4) is 28.6 Å². The summed E-state index contributed by atoms with van der Waals surface area (Å²) >= 11 is 0. The molecule has 1 unspecified atom stereocenters. The first-order chi connectivity index (χ1) is 23.4. The van der Waals surface area contributed by atoms with E-state index in [0.29, 0.717) is 77.3 Å². The average molecular weight is 670 g/mol. The van der Waals surface area contributed by atoms with Crippen LogP contribution in [0.1, 0.15) is 55.2 Å². The molecule has 0 bridgehead atoms. The largest absolute Gasteiger partial charge is 0.496 e. The monoisotopic (exact) mass is 669 g/mol. The Balaban J connectivity index is 1.52. The van der Waals surface area contributed by atoms with Gasteiger partial charge in [-0.05, 0) is 57.9 Å². The summed E-state index contributed by atoms with van der Waals surface area (Å²) in [6, 6.07) is 14.6. The minimum Gasteiger partial charge on any atom is -0.496 e. The number of para-hydroxylation sites is 2. The van der Waals surface area contributed by atoms with E-state index in [1.807, 2.05) is 30.3 Å². The lowest BCUT2D eigenvalue weighted by atomic mass is 9.72. The molecule has 13 heteroatoms. The second kappa shape index (κ2) is 12.9. The summed E-state index contributed by atoms with van der Waals surface area (Å²) in [5.41, 5.74) is 9.55. The fourth-order valence-electron chi connectivity index (χ4n) is 7.23. The van der Waals surface area contributed by atoms with Crippen LogP contribution in [0.3, 0.4) is 0 Å². The number of benzene rings is 2. The molecule has 49 heavy (non-hydrogen) atoms. The Morgan fingerprint density at radius 1 is 1.04 bits per heavy atom. The molecule has 1 atom stereocenters. The highest BCUT2D eigenvalue weighted by Gasteiger charge is 2.50. The molecule has 2 aromatic carbocycles. The average Bonchev–Trinajstić information content (AvgIpc) is 3.52. The van der Waals surface area contributed by atoms with Gasteiger partial charge in [-0.3, -0.25) is 4.79 Å². The normalized spacial score (nSPS) is 17.6. The van der Waals surface area contributed by atoms with Gasteiger partial charge >= 0.3 is 6.09 Å². The summed E-state index contributed by atoms with van der Waals surface area (Å²) in [4.78, 5) is 39.7. The number of methoxy groups -OCH3 is 3. The van der Waals surface area contributed by atoms with Gasteiger partial charge in [0.05, 0.1) is 61.8 Å². The first-order valence-electron chi connectivity index (χ1n) is 16.2. The van der Waals surface area contributed by atoms with Crippen molar-refractivity contribution in [2.75, 3.05) is 52.0 Å². The number of rotatable bonds is 8. The molecule has 258 valence electrons. The predicted molar refractivity (Wildman–Crippen MR) is 186 cm³/mol. The van der Waals surface area contributed by atoms with Crippen molar-refractivity contribution in [3.05, 3.63) is 71.5 Å². The first-order valence-corrected chi connectivity index (χ1v) is 16.2. The molecule has 0 saturated carbocycles. The number of carboxylic acid groups (broad SMARTS) is 1. The van der Waals surface area contributed by atoms with Crippen molar-refractivity contribution in [2.24, 2.45) is 0 Å². The maximum Gasteiger partial charge on any atom is 0.407 e. The minimum atomic E-state index is -0.983. The quantitative estimate of drug-likeness (QED) is 0.198. The number of anilines is 3. The summed E-state index contributed by atoms with van der Waals surface area (Å²) in [7, 11) is 4.69. The Labute approximate surface area is 285 Å². The lowest BCUT2D eigenvalue weighted by Crippen LogP contribution is -2.58. The summed E-state index contributed by atoms with van der Waals surface area (Å²) in [6.45, 7) is 7.38. The zero-order valence-electron chi connectivity index (χ0n) is 28.7. The van der Waals surface area contributed by atoms with Gasteiger partial charge in [-0.25, -0.2) is 14.8 Å². The molecule has 4 heterocycles. The van der Waals surface area contributed by atoms with Crippen LogP contribution in [-0.2, 0) is 17.5 Å². The zero-order chi connectivity index (χ0) is 35.1. The van der Waals surface area contributed by atoms with Gasteiger partial charge in [0.25, 0.3) is 5.91 Å². The third-order valence-corrected chi connectivity index (χ3v) is 9.32. The molecular weight excluding hydrogens is 626 g/mol. The van der Waals surface area contributed by atoms with Crippen LogP contribution in [0.15, 0.2) is 54.7 Å². The number of piperidine rings is 1. The first kappa shape index (κ1) is 33.4. The number of likely N-dealkylation sites (tertiary alicyclic amines) is 1. The smallest absolute Gasteiger partial charge is 0.407 e. The summed E-state index contributed by atoms with van der Waals surface area (Å²) in [5, 5.41) is 13.4. The number of hydrogen-bond donors (Lipinski definition) is 3. The van der Waals surface area contributed by atoms with E-state index in [1.165, 1.54) is 4.90 Å². The Bertz CT molecular complexity index is 1880. The van der Waals surface area contributed by atoms with E-state index >= 15 is 0 Å². The summed E-state index contributed by atoms with van der Waals surface area (Å²) in [6.07, 6.45) is 2.02. The highest BCUT2D eigenvalue weighted by molar-refractivity contribution is 5.99. The third-order valence-electron chi connectivity index (χ3n) is 9.32. The van der Waals surface area contributed by atoms with Crippen molar-refractivity contribution in [1.82, 2.24) is 24.3 Å². The van der Waals surface area contributed by atoms with E-state index in [-0.39, 0.29) is 19.0 Å². The lowest BCUT2D eigenvalue weighted by Gasteiger charge is -2.49. The number of aromatic nitrogens is 3. The van der Waals surface area contributed by atoms with Crippen LogP contribution >= 0.6 is 0 Å². The van der Waals surface area contributed by atoms with Crippen LogP contribution in [-0.4, -0.2) is 82.4 Å². The summed E-state index contributed by atoms with van der Waals surface area (Å²) in [5.74, 6) is 1.78. The van der Waals surface area contributed by atoms with E-state index in [1.54, 1.807) is 50.6 Å². The number of nitrogens with two attached hydrogens (primary N) is 1. The molecule has 2 aliphatic rings. The van der Waals surface area contributed by atoms with Gasteiger partial charge in [-0.2, -0.15) is 0 Å². The maximum atomic E-state index is 14.7. The minimum absolute atomic E-state index is 0.179. The van der Waals surface area contributed by atoms with Gasteiger partial charge in [0.2, 0.25) is 5.95 Å².